The van der Waals surface area contributed by atoms with Crippen LogP contribution in [0.1, 0.15) is 35.1 Å². The number of oxazole rings is 1. The van der Waals surface area contributed by atoms with Crippen LogP contribution in [0.2, 0.25) is 0 Å². The van der Waals surface area contributed by atoms with Crippen molar-refractivity contribution in [1.29, 1.82) is 5.26 Å². The van der Waals surface area contributed by atoms with Crippen LogP contribution in [0.15, 0.2) is 89.7 Å². The second-order valence-corrected chi connectivity index (χ2v) is 14.3. The van der Waals surface area contributed by atoms with E-state index < -0.39 is 5.97 Å². The average molecular weight is 704 g/mol. The number of likely N-dealkylation sites (tertiary alicyclic amines) is 2. The van der Waals surface area contributed by atoms with Gasteiger partial charge in [-0.3, -0.25) is 24.1 Å². The number of aliphatic hydroxyl groups excluding tert-OH is 1. The molecule has 0 saturated carbocycles. The summed E-state index contributed by atoms with van der Waals surface area (Å²) < 4.78 is 8.40. The molecule has 2 N–H and O–H groups in total. The van der Waals surface area contributed by atoms with Crippen molar-refractivity contribution in [3.8, 4) is 34.5 Å². The van der Waals surface area contributed by atoms with E-state index in [9.17, 15) is 20.3 Å². The summed E-state index contributed by atoms with van der Waals surface area (Å²) in [5.41, 5.74) is 9.22. The molecule has 0 bridgehead atoms. The molecule has 2 fully saturated rings. The smallest absolute Gasteiger partial charge is 0.307 e. The van der Waals surface area contributed by atoms with Crippen molar-refractivity contribution in [1.82, 2.24) is 29.3 Å². The number of aromatic nitrogens is 4. The fourth-order valence-corrected chi connectivity index (χ4v) is 8.13. The SMILES string of the molecule is Cc1c(-c2nc3cc(CN4CCC(C(=O)O)C4)cc(C#N)c3o2)cccc1-c1cccc2c1ccn2-c1nccc2cc(CN3CCC(O)C3)cnc12. The maximum atomic E-state index is 11.5. The highest BCUT2D eigenvalue weighted by Crippen LogP contribution is 2.38. The van der Waals surface area contributed by atoms with Crippen LogP contribution < -0.4 is 0 Å². The third-order valence-corrected chi connectivity index (χ3v) is 10.8. The molecule has 53 heavy (non-hydrogen) atoms. The molecular formula is C42H37N7O4. The van der Waals surface area contributed by atoms with Crippen molar-refractivity contribution < 1.29 is 19.4 Å². The van der Waals surface area contributed by atoms with Gasteiger partial charge < -0.3 is 14.6 Å². The lowest BCUT2D eigenvalue weighted by atomic mass is 9.94. The summed E-state index contributed by atoms with van der Waals surface area (Å²) >= 11 is 0. The fourth-order valence-electron chi connectivity index (χ4n) is 8.13. The van der Waals surface area contributed by atoms with Crippen molar-refractivity contribution in [3.05, 3.63) is 108 Å². The number of nitriles is 1. The number of carbonyl (C=O) groups is 1. The van der Waals surface area contributed by atoms with E-state index in [4.69, 9.17) is 19.4 Å². The number of pyridine rings is 2. The van der Waals surface area contributed by atoms with Crippen LogP contribution >= 0.6 is 0 Å². The summed E-state index contributed by atoms with van der Waals surface area (Å²) in [7, 11) is 0. The van der Waals surface area contributed by atoms with Crippen molar-refractivity contribution in [2.45, 2.75) is 39.0 Å². The minimum Gasteiger partial charge on any atom is -0.481 e. The number of carboxylic acid groups (broad SMARTS) is 1. The summed E-state index contributed by atoms with van der Waals surface area (Å²) in [6, 6.07) is 24.7. The topological polar surface area (TPSA) is 145 Å². The molecule has 2 unspecified atom stereocenters. The van der Waals surface area contributed by atoms with Gasteiger partial charge in [-0.2, -0.15) is 5.26 Å². The van der Waals surface area contributed by atoms with E-state index in [2.05, 4.69) is 63.8 Å². The van der Waals surface area contributed by atoms with Gasteiger partial charge in [0.25, 0.3) is 0 Å². The summed E-state index contributed by atoms with van der Waals surface area (Å²) in [6.45, 7) is 6.13. The van der Waals surface area contributed by atoms with Crippen LogP contribution in [0, 0.1) is 24.2 Å². The van der Waals surface area contributed by atoms with Gasteiger partial charge in [-0.05, 0) is 96.6 Å². The highest BCUT2D eigenvalue weighted by Gasteiger charge is 2.28. The van der Waals surface area contributed by atoms with Crippen LogP contribution in [0.3, 0.4) is 0 Å². The number of hydrogen-bond donors (Lipinski definition) is 2. The Morgan fingerprint density at radius 3 is 2.55 bits per heavy atom. The van der Waals surface area contributed by atoms with E-state index in [0.717, 1.165) is 80.5 Å². The quantitative estimate of drug-likeness (QED) is 0.175. The van der Waals surface area contributed by atoms with Crippen molar-refractivity contribution in [2.24, 2.45) is 5.92 Å². The monoisotopic (exact) mass is 703 g/mol. The summed E-state index contributed by atoms with van der Waals surface area (Å²) in [5.74, 6) is 0.0675. The first kappa shape index (κ1) is 32.9. The summed E-state index contributed by atoms with van der Waals surface area (Å²) in [4.78, 5) is 30.4. The number of rotatable bonds is 8. The molecule has 2 atom stereocenters. The molecule has 264 valence electrons. The first-order valence-electron chi connectivity index (χ1n) is 18.0. The Kier molecular flexibility index (Phi) is 8.23. The number of aliphatic carboxylic acids is 1. The van der Waals surface area contributed by atoms with Crippen molar-refractivity contribution >= 4 is 38.9 Å². The van der Waals surface area contributed by atoms with E-state index in [1.165, 1.54) is 0 Å². The van der Waals surface area contributed by atoms with Gasteiger partial charge in [-0.15, -0.1) is 0 Å². The second kappa shape index (κ2) is 13.2. The van der Waals surface area contributed by atoms with Gasteiger partial charge in [0.05, 0.1) is 23.1 Å². The lowest BCUT2D eigenvalue weighted by Gasteiger charge is -2.15. The van der Waals surface area contributed by atoms with Gasteiger partial charge in [0.2, 0.25) is 5.89 Å². The van der Waals surface area contributed by atoms with Crippen molar-refractivity contribution in [3.63, 3.8) is 0 Å². The predicted octanol–water partition coefficient (Wildman–Crippen LogP) is 6.70. The van der Waals surface area contributed by atoms with Crippen molar-refractivity contribution in [2.75, 3.05) is 26.2 Å². The molecule has 6 heterocycles. The predicted molar refractivity (Wildman–Crippen MR) is 201 cm³/mol. The molecular weight excluding hydrogens is 667 g/mol. The highest BCUT2D eigenvalue weighted by atomic mass is 16.4. The molecule has 9 rings (SSSR count). The Morgan fingerprint density at radius 1 is 0.943 bits per heavy atom. The zero-order chi connectivity index (χ0) is 36.2. The van der Waals surface area contributed by atoms with Crippen LogP contribution in [0.5, 0.6) is 0 Å². The Morgan fingerprint density at radius 2 is 1.74 bits per heavy atom. The number of nitrogens with zero attached hydrogens (tertiary/aromatic N) is 7. The molecule has 0 radical (unpaired) electrons. The molecule has 4 aromatic heterocycles. The van der Waals surface area contributed by atoms with Crippen LogP contribution in [-0.4, -0.2) is 77.8 Å². The molecule has 11 heteroatoms. The van der Waals surface area contributed by atoms with E-state index in [1.807, 2.05) is 48.9 Å². The first-order valence-corrected chi connectivity index (χ1v) is 18.0. The van der Waals surface area contributed by atoms with E-state index in [0.29, 0.717) is 55.2 Å². The van der Waals surface area contributed by atoms with Gasteiger partial charge in [-0.1, -0.05) is 24.3 Å². The molecule has 2 aliphatic heterocycles. The van der Waals surface area contributed by atoms with Gasteiger partial charge in [-0.25, -0.2) is 9.97 Å². The molecule has 0 amide bonds. The lowest BCUT2D eigenvalue weighted by Crippen LogP contribution is -2.22. The molecule has 11 nitrogen and oxygen atoms in total. The van der Waals surface area contributed by atoms with E-state index >= 15 is 0 Å². The molecule has 7 aromatic rings. The Balaban J connectivity index is 1.04. The lowest BCUT2D eigenvalue weighted by molar-refractivity contribution is -0.141. The Bertz CT molecular complexity index is 2600. The molecule has 2 saturated heterocycles. The summed E-state index contributed by atoms with van der Waals surface area (Å²) in [6.07, 6.45) is 6.96. The zero-order valence-corrected chi connectivity index (χ0v) is 29.2. The average Bonchev–Trinajstić information content (AvgIpc) is 3.98. The van der Waals surface area contributed by atoms with Gasteiger partial charge in [0.15, 0.2) is 11.4 Å². The third kappa shape index (κ3) is 6.00. The summed E-state index contributed by atoms with van der Waals surface area (Å²) in [5, 5.41) is 31.5. The second-order valence-electron chi connectivity index (χ2n) is 14.3. The highest BCUT2D eigenvalue weighted by molar-refractivity contribution is 5.99. The van der Waals surface area contributed by atoms with Crippen LogP contribution in [0.25, 0.3) is 61.3 Å². The van der Waals surface area contributed by atoms with E-state index in [1.54, 1.807) is 0 Å². The number of β-amino-alcohol motifs (C(OH)–C–C–N with tert-alkyl or cyclic N) is 1. The zero-order valence-electron chi connectivity index (χ0n) is 29.2. The minimum absolute atomic E-state index is 0.255. The minimum atomic E-state index is -0.766. The van der Waals surface area contributed by atoms with Gasteiger partial charge >= 0.3 is 5.97 Å². The normalized spacial score (nSPS) is 18.1. The molecule has 0 aliphatic carbocycles. The van der Waals surface area contributed by atoms with Gasteiger partial charge in [0.1, 0.15) is 17.1 Å². The number of fused-ring (bicyclic) bond motifs is 3. The van der Waals surface area contributed by atoms with Crippen LogP contribution in [0.4, 0.5) is 0 Å². The molecule has 3 aromatic carbocycles. The Labute approximate surface area is 305 Å². The fraction of sp³-hybridized carbons (Fsp3) is 0.262. The number of carboxylic acids is 1. The number of hydrogen-bond acceptors (Lipinski definition) is 9. The standard InChI is InChI=1S/C42H37N7O4/c1-25-32(4-2-5-33(25)41-46-36-18-26(16-30(19-43)39(36)53-41)21-47-13-9-29(23-47)42(51)52)34-6-3-7-37-35(34)11-15-49(37)40-38-28(8-12-44-40)17-27(20-45-38)22-48-14-10-31(50)24-48/h2-8,11-12,15-18,20,29,31,50H,9-10,13-14,21-24H2,1H3,(H,51,52). The van der Waals surface area contributed by atoms with Crippen LogP contribution in [-0.2, 0) is 17.9 Å². The van der Waals surface area contributed by atoms with E-state index in [-0.39, 0.29) is 12.0 Å². The number of benzene rings is 3. The Hall–Kier alpha value is -5.93. The van der Waals surface area contributed by atoms with Gasteiger partial charge in [0, 0.05) is 67.7 Å². The maximum Gasteiger partial charge on any atom is 0.307 e. The molecule has 2 aliphatic rings. The third-order valence-electron chi connectivity index (χ3n) is 10.8. The largest absolute Gasteiger partial charge is 0.481 e. The molecule has 0 spiro atoms. The number of aliphatic hydroxyl groups is 1. The maximum absolute atomic E-state index is 11.5. The first-order chi connectivity index (χ1) is 25.8.